The zero-order valence-electron chi connectivity index (χ0n) is 18.0. The third-order valence-corrected chi connectivity index (χ3v) is 5.07. The molecule has 0 amide bonds. The Morgan fingerprint density at radius 2 is 1.03 bits per heavy atom. The fourth-order valence-corrected chi connectivity index (χ4v) is 3.58. The first-order chi connectivity index (χ1) is 16.4. The van der Waals surface area contributed by atoms with Gasteiger partial charge in [-0.3, -0.25) is 19.9 Å². The number of imidazole rings is 1. The van der Waals surface area contributed by atoms with E-state index >= 15 is 0 Å². The van der Waals surface area contributed by atoms with Crippen LogP contribution in [0.2, 0.25) is 0 Å². The van der Waals surface area contributed by atoms with Gasteiger partial charge in [-0.1, -0.05) is 24.3 Å². The Morgan fingerprint density at radius 3 is 1.47 bits per heavy atom. The minimum absolute atomic E-state index is 0. The van der Waals surface area contributed by atoms with Gasteiger partial charge < -0.3 is 9.97 Å². The maximum absolute atomic E-state index is 4.37. The molecule has 34 heavy (non-hydrogen) atoms. The van der Waals surface area contributed by atoms with Crippen molar-refractivity contribution in [2.24, 2.45) is 0 Å². The van der Waals surface area contributed by atoms with Crippen molar-refractivity contribution in [2.75, 3.05) is 0 Å². The van der Waals surface area contributed by atoms with Gasteiger partial charge in [0.15, 0.2) is 0 Å². The normalized spacial score (nSPS) is 10.1. The number of aromatic nitrogens is 6. The molecule has 7 heteroatoms. The largest absolute Gasteiger partial charge is 0.467 e. The minimum atomic E-state index is 0. The van der Waals surface area contributed by atoms with Gasteiger partial charge in [0.25, 0.3) is 0 Å². The molecule has 0 unspecified atom stereocenters. The number of hydrogen-bond donors (Lipinski definition) is 1. The molecule has 5 aromatic heterocycles. The van der Waals surface area contributed by atoms with Crippen molar-refractivity contribution in [1.29, 1.82) is 0 Å². The number of nitrogens with one attached hydrogen (secondary N) is 1. The summed E-state index contributed by atoms with van der Waals surface area (Å²) in [4.78, 5) is 23.5. The van der Waals surface area contributed by atoms with E-state index in [0.29, 0.717) is 0 Å². The van der Waals surface area contributed by atoms with Crippen molar-refractivity contribution in [3.63, 3.8) is 0 Å². The number of benzene rings is 2. The Hall–Kier alpha value is -4.19. The Bertz CT molecular complexity index is 1400. The van der Waals surface area contributed by atoms with Crippen LogP contribution in [-0.4, -0.2) is 29.9 Å². The van der Waals surface area contributed by atoms with Crippen LogP contribution >= 0.6 is 0 Å². The Morgan fingerprint density at radius 1 is 0.529 bits per heavy atom. The number of hydrogen-bond acceptors (Lipinski definition) is 5. The van der Waals surface area contributed by atoms with Gasteiger partial charge in [-0.05, 0) is 54.9 Å². The van der Waals surface area contributed by atoms with E-state index in [0.717, 1.165) is 43.6 Å². The fourth-order valence-electron chi connectivity index (χ4n) is 3.58. The first-order valence-electron chi connectivity index (χ1n) is 10.4. The molecule has 0 radical (unpaired) electrons. The van der Waals surface area contributed by atoms with Crippen LogP contribution in [0.4, 0.5) is 0 Å². The third kappa shape index (κ3) is 5.07. The Kier molecular flexibility index (Phi) is 7.50. The van der Waals surface area contributed by atoms with Gasteiger partial charge in [-0.15, -0.1) is 12.4 Å². The van der Waals surface area contributed by atoms with Crippen LogP contribution in [0.25, 0.3) is 43.6 Å². The average Bonchev–Trinajstić information content (AvgIpc) is 3.50. The van der Waals surface area contributed by atoms with Gasteiger partial charge in [0.2, 0.25) is 0 Å². The first kappa shape index (κ1) is 23.0. The van der Waals surface area contributed by atoms with Crippen LogP contribution in [0.5, 0.6) is 0 Å². The van der Waals surface area contributed by atoms with E-state index in [1.807, 2.05) is 48.8 Å². The van der Waals surface area contributed by atoms with Gasteiger partial charge in [-0.25, -0.2) is 0 Å². The number of aromatic amines is 1. The molecule has 7 rings (SSSR count). The molecule has 166 valence electrons. The number of nitrogens with zero attached hydrogens (tertiary/aromatic N) is 5. The summed E-state index contributed by atoms with van der Waals surface area (Å²) < 4.78 is 0. The van der Waals surface area contributed by atoms with Crippen molar-refractivity contribution >= 4 is 43.6 Å². The van der Waals surface area contributed by atoms with E-state index in [2.05, 4.69) is 72.6 Å². The number of pyridine rings is 4. The molecule has 5 heterocycles. The van der Waals surface area contributed by atoms with Crippen LogP contribution in [0, 0.1) is 6.33 Å². The summed E-state index contributed by atoms with van der Waals surface area (Å²) >= 11 is 0. The van der Waals surface area contributed by atoms with E-state index in [4.69, 9.17) is 0 Å². The number of H-pyrrole nitrogens is 1. The molecule has 6 nitrogen and oxygen atoms in total. The molecule has 0 aliphatic rings. The first-order valence-corrected chi connectivity index (χ1v) is 10.4. The molecule has 0 aliphatic carbocycles. The standard InChI is InChI=1S/2C12H8N2.C3H3N2.Fe/c2*1-3-9-5-6-11-10(4-2-7-13-11)12(9)14-8-1;1-2-5-3-4-1;/h2*1-8H;1-2H,(H,4,5);/q;;-1;. The van der Waals surface area contributed by atoms with Crippen LogP contribution in [0.15, 0.2) is 110 Å². The molecule has 0 bridgehead atoms. The second-order valence-electron chi connectivity index (χ2n) is 7.12. The molecule has 7 aromatic rings. The second-order valence-corrected chi connectivity index (χ2v) is 7.12. The molecule has 0 atom stereocenters. The van der Waals surface area contributed by atoms with E-state index in [1.165, 1.54) is 0 Å². The zero-order chi connectivity index (χ0) is 22.3. The topological polar surface area (TPSA) is 80.2 Å². The van der Waals surface area contributed by atoms with Crippen LogP contribution in [-0.2, 0) is 17.1 Å². The maximum Gasteiger partial charge on any atom is 0.0795 e. The maximum atomic E-state index is 4.37. The predicted octanol–water partition coefficient (Wildman–Crippen LogP) is 5.77. The minimum Gasteiger partial charge on any atom is -0.467 e. The van der Waals surface area contributed by atoms with Crippen LogP contribution in [0.1, 0.15) is 0 Å². The molecular weight excluding hydrogens is 464 g/mol. The SMILES string of the molecule is [Fe].[c-]1ncc[nH]1.c1cnc2c(c1)ccc1ncccc12.c1cnc2c(c1)ccc1ncccc12. The van der Waals surface area contributed by atoms with Gasteiger partial charge >= 0.3 is 0 Å². The van der Waals surface area contributed by atoms with Gasteiger partial charge in [0.05, 0.1) is 22.1 Å². The summed E-state index contributed by atoms with van der Waals surface area (Å²) in [5.74, 6) is 0. The zero-order valence-corrected chi connectivity index (χ0v) is 19.1. The van der Waals surface area contributed by atoms with Crippen molar-refractivity contribution < 1.29 is 17.1 Å². The average molecular weight is 483 g/mol. The molecular formula is C27H19FeN6-. The van der Waals surface area contributed by atoms with Crippen LogP contribution < -0.4 is 0 Å². The predicted molar refractivity (Wildman–Crippen MR) is 132 cm³/mol. The summed E-state index contributed by atoms with van der Waals surface area (Å²) in [5, 5.41) is 4.55. The molecule has 0 fully saturated rings. The molecule has 0 saturated carbocycles. The van der Waals surface area contributed by atoms with Gasteiger partial charge in [0.1, 0.15) is 0 Å². The van der Waals surface area contributed by atoms with Crippen molar-refractivity contribution in [2.45, 2.75) is 0 Å². The molecule has 0 aliphatic heterocycles. The van der Waals surface area contributed by atoms with E-state index in [-0.39, 0.29) is 17.1 Å². The molecule has 2 aromatic carbocycles. The van der Waals surface area contributed by atoms with E-state index in [1.54, 1.807) is 24.8 Å². The third-order valence-electron chi connectivity index (χ3n) is 5.07. The summed E-state index contributed by atoms with van der Waals surface area (Å²) in [7, 11) is 0. The van der Waals surface area contributed by atoms with Gasteiger partial charge in [0, 0.05) is 63.4 Å². The van der Waals surface area contributed by atoms with Crippen molar-refractivity contribution in [1.82, 2.24) is 29.9 Å². The molecule has 1 N–H and O–H groups in total. The summed E-state index contributed by atoms with van der Waals surface area (Å²) in [6.45, 7) is 0. The van der Waals surface area contributed by atoms with E-state index < -0.39 is 0 Å². The van der Waals surface area contributed by atoms with Gasteiger partial charge in [-0.2, -0.15) is 0 Å². The monoisotopic (exact) mass is 483 g/mol. The van der Waals surface area contributed by atoms with Crippen molar-refractivity contribution in [3.8, 4) is 0 Å². The molecule has 0 saturated heterocycles. The smallest absolute Gasteiger partial charge is 0.0795 e. The summed E-state index contributed by atoms with van der Waals surface area (Å²) in [5.41, 5.74) is 4.05. The quantitative estimate of drug-likeness (QED) is 0.168. The van der Waals surface area contributed by atoms with Crippen LogP contribution in [0.3, 0.4) is 0 Å². The fraction of sp³-hybridized carbons (Fsp3) is 0. The number of rotatable bonds is 0. The summed E-state index contributed by atoms with van der Waals surface area (Å²) in [6.07, 6.45) is 13.1. The molecule has 0 spiro atoms. The Balaban J connectivity index is 0.000000131. The number of fused-ring (bicyclic) bond motifs is 6. The van der Waals surface area contributed by atoms with Crippen molar-refractivity contribution in [3.05, 3.63) is 116 Å². The van der Waals surface area contributed by atoms with E-state index in [9.17, 15) is 0 Å². The second kappa shape index (κ2) is 11.1. The Labute approximate surface area is 206 Å². The summed E-state index contributed by atoms with van der Waals surface area (Å²) in [6, 6.07) is 24.2.